The van der Waals surface area contributed by atoms with E-state index in [9.17, 15) is 25.2 Å². The van der Waals surface area contributed by atoms with Crippen molar-refractivity contribution >= 4 is 5.97 Å². The van der Waals surface area contributed by atoms with Crippen molar-refractivity contribution in [3.05, 3.63) is 29.8 Å². The van der Waals surface area contributed by atoms with Crippen molar-refractivity contribution in [2.45, 2.75) is 30.7 Å². The Hall–Kier alpha value is -1.71. The van der Waals surface area contributed by atoms with E-state index in [1.807, 2.05) is 0 Å². The molecule has 0 aliphatic carbocycles. The number of aliphatic hydroxyl groups excluding tert-OH is 4. The highest BCUT2D eigenvalue weighted by Gasteiger charge is 2.44. The van der Waals surface area contributed by atoms with Gasteiger partial charge in [0.15, 0.2) is 0 Å². The van der Waals surface area contributed by atoms with Crippen LogP contribution < -0.4 is 9.84 Å². The largest absolute Gasteiger partial charge is 0.545 e. The van der Waals surface area contributed by atoms with E-state index in [4.69, 9.17) is 14.6 Å². The van der Waals surface area contributed by atoms with Crippen LogP contribution in [0.3, 0.4) is 0 Å². The number of carbonyl (C=O) groups excluding carboxylic acids is 1. The van der Waals surface area contributed by atoms with E-state index in [0.717, 1.165) is 0 Å². The van der Waals surface area contributed by atoms with Crippen LogP contribution in [-0.4, -0.2) is 63.7 Å². The molecule has 2 rings (SSSR count). The van der Waals surface area contributed by atoms with Gasteiger partial charge in [0, 0.05) is 0 Å². The molecule has 0 radical (unpaired) electrons. The fraction of sp³-hybridized carbons (Fsp3) is 0.462. The molecule has 5 atom stereocenters. The van der Waals surface area contributed by atoms with Gasteiger partial charge in [0.1, 0.15) is 30.2 Å². The molecular formula is C13H15O8-. The van der Waals surface area contributed by atoms with Crippen molar-refractivity contribution in [3.63, 3.8) is 0 Å². The third kappa shape index (κ3) is 3.31. The average molecular weight is 299 g/mol. The zero-order chi connectivity index (χ0) is 15.6. The van der Waals surface area contributed by atoms with Crippen LogP contribution >= 0.6 is 0 Å². The van der Waals surface area contributed by atoms with Crippen LogP contribution in [0.25, 0.3) is 0 Å². The lowest BCUT2D eigenvalue weighted by molar-refractivity contribution is -0.277. The van der Waals surface area contributed by atoms with Crippen molar-refractivity contribution in [1.29, 1.82) is 0 Å². The number of hydrogen-bond donors (Lipinski definition) is 4. The predicted molar refractivity (Wildman–Crippen MR) is 65.2 cm³/mol. The minimum atomic E-state index is -1.54. The molecule has 21 heavy (non-hydrogen) atoms. The van der Waals surface area contributed by atoms with Gasteiger partial charge in [0.05, 0.1) is 12.6 Å². The van der Waals surface area contributed by atoms with Gasteiger partial charge in [0.2, 0.25) is 6.29 Å². The van der Waals surface area contributed by atoms with E-state index in [2.05, 4.69) is 0 Å². The van der Waals surface area contributed by atoms with Gasteiger partial charge in [-0.1, -0.05) is 0 Å². The Morgan fingerprint density at radius 1 is 1.14 bits per heavy atom. The molecule has 8 nitrogen and oxygen atoms in total. The Morgan fingerprint density at radius 2 is 1.76 bits per heavy atom. The Bertz CT molecular complexity index is 485. The number of hydrogen-bond acceptors (Lipinski definition) is 8. The minimum absolute atomic E-state index is 0.0452. The molecule has 1 aromatic rings. The molecule has 0 unspecified atom stereocenters. The first-order valence-corrected chi connectivity index (χ1v) is 6.22. The van der Waals surface area contributed by atoms with Gasteiger partial charge >= 0.3 is 0 Å². The molecule has 0 spiro atoms. The molecule has 1 aromatic carbocycles. The Labute approximate surface area is 119 Å². The fourth-order valence-corrected chi connectivity index (χ4v) is 1.97. The van der Waals surface area contributed by atoms with Gasteiger partial charge in [-0.25, -0.2) is 0 Å². The number of benzene rings is 1. The standard InChI is InChI=1S/C13H16O8/c14-5-8-9(15)10(16)11(17)13(21-8)20-7-3-1-6(2-4-7)12(18)19/h1-4,8-11,13-17H,5H2,(H,18,19)/p-1/t8-,9-,10+,11-,13-/m1/s1. The number of aromatic carboxylic acids is 1. The highest BCUT2D eigenvalue weighted by Crippen LogP contribution is 2.24. The monoisotopic (exact) mass is 299 g/mol. The number of rotatable bonds is 4. The van der Waals surface area contributed by atoms with Crippen molar-refractivity contribution in [3.8, 4) is 5.75 Å². The molecule has 0 saturated carbocycles. The minimum Gasteiger partial charge on any atom is -0.545 e. The Kier molecular flexibility index (Phi) is 4.76. The summed E-state index contributed by atoms with van der Waals surface area (Å²) in [5.41, 5.74) is -0.0452. The Balaban J connectivity index is 2.08. The van der Waals surface area contributed by atoms with Crippen LogP contribution in [0.4, 0.5) is 0 Å². The third-order valence-electron chi connectivity index (χ3n) is 3.19. The summed E-state index contributed by atoms with van der Waals surface area (Å²) in [6, 6.07) is 5.14. The highest BCUT2D eigenvalue weighted by atomic mass is 16.7. The maximum atomic E-state index is 10.6. The van der Waals surface area contributed by atoms with Gasteiger partial charge in [-0.3, -0.25) is 0 Å². The first kappa shape index (κ1) is 15.7. The lowest BCUT2D eigenvalue weighted by Gasteiger charge is -2.39. The SMILES string of the molecule is O=C([O-])c1ccc(O[C@@H]2O[C@H](CO)[C@@H](O)[C@H](O)[C@H]2O)cc1. The van der Waals surface area contributed by atoms with Crippen molar-refractivity contribution < 1.29 is 39.8 Å². The molecule has 1 aliphatic rings. The normalized spacial score (nSPS) is 32.7. The molecule has 0 bridgehead atoms. The summed E-state index contributed by atoms with van der Waals surface area (Å²) in [6.07, 6.45) is -6.91. The maximum absolute atomic E-state index is 10.6. The number of carboxylic acids is 1. The molecule has 116 valence electrons. The molecule has 1 saturated heterocycles. The topological polar surface area (TPSA) is 140 Å². The molecule has 1 aliphatic heterocycles. The summed E-state index contributed by atoms with van der Waals surface area (Å²) in [5, 5.41) is 48.7. The lowest BCUT2D eigenvalue weighted by Crippen LogP contribution is -2.60. The van der Waals surface area contributed by atoms with Crippen LogP contribution in [-0.2, 0) is 4.74 Å². The van der Waals surface area contributed by atoms with Crippen LogP contribution in [0.2, 0.25) is 0 Å². The van der Waals surface area contributed by atoms with Crippen molar-refractivity contribution in [2.24, 2.45) is 0 Å². The van der Waals surface area contributed by atoms with Crippen LogP contribution in [0.15, 0.2) is 24.3 Å². The second-order valence-corrected chi connectivity index (χ2v) is 4.63. The summed E-state index contributed by atoms with van der Waals surface area (Å²) in [5.74, 6) is -1.15. The smallest absolute Gasteiger partial charge is 0.229 e. The summed E-state index contributed by atoms with van der Waals surface area (Å²) < 4.78 is 10.4. The second-order valence-electron chi connectivity index (χ2n) is 4.63. The number of aliphatic hydroxyl groups is 4. The lowest BCUT2D eigenvalue weighted by atomic mass is 9.99. The molecule has 1 heterocycles. The molecule has 4 N–H and O–H groups in total. The first-order valence-electron chi connectivity index (χ1n) is 6.22. The average Bonchev–Trinajstić information content (AvgIpc) is 2.48. The van der Waals surface area contributed by atoms with E-state index >= 15 is 0 Å². The van der Waals surface area contributed by atoms with E-state index < -0.39 is 43.3 Å². The van der Waals surface area contributed by atoms with Crippen LogP contribution in [0.5, 0.6) is 5.75 Å². The summed E-state index contributed by atoms with van der Waals surface area (Å²) in [4.78, 5) is 10.6. The number of carboxylic acid groups (broad SMARTS) is 1. The molecule has 1 fully saturated rings. The molecule has 8 heteroatoms. The highest BCUT2D eigenvalue weighted by molar-refractivity contribution is 5.85. The van der Waals surface area contributed by atoms with Gasteiger partial charge in [-0.2, -0.15) is 0 Å². The summed E-state index contributed by atoms with van der Waals surface area (Å²) >= 11 is 0. The quantitative estimate of drug-likeness (QED) is 0.468. The third-order valence-corrected chi connectivity index (χ3v) is 3.19. The number of carbonyl (C=O) groups is 1. The summed E-state index contributed by atoms with van der Waals surface area (Å²) in [7, 11) is 0. The van der Waals surface area contributed by atoms with Crippen LogP contribution in [0.1, 0.15) is 10.4 Å². The van der Waals surface area contributed by atoms with E-state index in [-0.39, 0.29) is 11.3 Å². The first-order chi connectivity index (χ1) is 9.93. The van der Waals surface area contributed by atoms with Crippen molar-refractivity contribution in [2.75, 3.05) is 6.61 Å². The molecule has 0 amide bonds. The van der Waals surface area contributed by atoms with Gasteiger partial charge in [0.25, 0.3) is 0 Å². The summed E-state index contributed by atoms with van der Waals surface area (Å²) in [6.45, 7) is -0.561. The number of ether oxygens (including phenoxy) is 2. The van der Waals surface area contributed by atoms with Crippen LogP contribution in [0, 0.1) is 0 Å². The zero-order valence-corrected chi connectivity index (χ0v) is 10.8. The van der Waals surface area contributed by atoms with E-state index in [1.54, 1.807) is 0 Å². The predicted octanol–water partition coefficient (Wildman–Crippen LogP) is -2.77. The van der Waals surface area contributed by atoms with E-state index in [0.29, 0.717) is 0 Å². The van der Waals surface area contributed by atoms with Gasteiger partial charge in [-0.05, 0) is 29.8 Å². The zero-order valence-electron chi connectivity index (χ0n) is 10.8. The fourth-order valence-electron chi connectivity index (χ4n) is 1.97. The maximum Gasteiger partial charge on any atom is 0.229 e. The Morgan fingerprint density at radius 3 is 2.29 bits per heavy atom. The van der Waals surface area contributed by atoms with E-state index in [1.165, 1.54) is 24.3 Å². The van der Waals surface area contributed by atoms with Gasteiger partial charge in [-0.15, -0.1) is 0 Å². The molecule has 0 aromatic heterocycles. The van der Waals surface area contributed by atoms with Crippen molar-refractivity contribution in [1.82, 2.24) is 0 Å². The van der Waals surface area contributed by atoms with Gasteiger partial charge < -0.3 is 39.8 Å². The molecular weight excluding hydrogens is 284 g/mol. The second kappa shape index (κ2) is 6.37.